The van der Waals surface area contributed by atoms with Crippen molar-refractivity contribution in [1.29, 1.82) is 0 Å². The van der Waals surface area contributed by atoms with Gasteiger partial charge in [-0.15, -0.1) is 0 Å². The number of hydrogen-bond acceptors (Lipinski definition) is 4. The molecule has 1 aliphatic heterocycles. The van der Waals surface area contributed by atoms with Gasteiger partial charge in [-0.1, -0.05) is 0 Å². The van der Waals surface area contributed by atoms with E-state index in [-0.39, 0.29) is 29.8 Å². The zero-order valence-electron chi connectivity index (χ0n) is 15.4. The molecule has 8 heteroatoms. The molecule has 0 aliphatic carbocycles. The molecule has 0 spiro atoms. The number of pyridine rings is 1. The minimum atomic E-state index is -3.12. The molecule has 1 saturated heterocycles. The van der Waals surface area contributed by atoms with Gasteiger partial charge in [0.2, 0.25) is 5.91 Å². The average Bonchev–Trinajstić information content (AvgIpc) is 3.12. The number of fused-ring (bicyclic) bond motifs is 1. The summed E-state index contributed by atoms with van der Waals surface area (Å²) in [5, 5.41) is 3.74. The van der Waals surface area contributed by atoms with Crippen LogP contribution in [0.4, 0.5) is 4.39 Å². The quantitative estimate of drug-likeness (QED) is 0.729. The van der Waals surface area contributed by atoms with Gasteiger partial charge in [-0.05, 0) is 61.4 Å². The molecule has 3 aromatic rings. The molecule has 1 N–H and O–H groups in total. The number of aromatic nitrogens is 2. The lowest BCUT2D eigenvalue weighted by Gasteiger charge is -2.24. The predicted molar refractivity (Wildman–Crippen MR) is 105 cm³/mol. The van der Waals surface area contributed by atoms with Gasteiger partial charge < -0.3 is 9.88 Å². The van der Waals surface area contributed by atoms with Gasteiger partial charge in [-0.2, -0.15) is 0 Å². The Bertz CT molecular complexity index is 1160. The van der Waals surface area contributed by atoms with Gasteiger partial charge in [0.1, 0.15) is 18.0 Å². The number of nitrogens with one attached hydrogen (secondary N) is 1. The van der Waals surface area contributed by atoms with Gasteiger partial charge in [0.05, 0.1) is 22.7 Å². The molecule has 0 radical (unpaired) electrons. The molecule has 28 heavy (non-hydrogen) atoms. The number of rotatable bonds is 4. The maximum absolute atomic E-state index is 13.3. The molecule has 146 valence electrons. The van der Waals surface area contributed by atoms with Crippen LogP contribution in [0.2, 0.25) is 0 Å². The Morgan fingerprint density at radius 1 is 1.29 bits per heavy atom. The number of halogens is 1. The largest absolute Gasteiger partial charge is 0.348 e. The monoisotopic (exact) mass is 401 g/mol. The molecule has 1 amide bonds. The van der Waals surface area contributed by atoms with Crippen LogP contribution in [0.15, 0.2) is 48.7 Å². The van der Waals surface area contributed by atoms with Crippen LogP contribution in [-0.4, -0.2) is 40.9 Å². The third kappa shape index (κ3) is 3.64. The van der Waals surface area contributed by atoms with Crippen LogP contribution in [0.3, 0.4) is 0 Å². The van der Waals surface area contributed by atoms with Crippen LogP contribution >= 0.6 is 0 Å². The summed E-state index contributed by atoms with van der Waals surface area (Å²) >= 11 is 0. The number of carbonyl (C=O) groups is 1. The SMILES string of the molecule is C[C@@]1(NC(=O)Cn2c(-c3ccc(F)cc3)cc3cccnc32)CCS(=O)(=O)C1. The Hall–Kier alpha value is -2.74. The predicted octanol–water partition coefficient (Wildman–Crippen LogP) is 2.54. The lowest BCUT2D eigenvalue weighted by Crippen LogP contribution is -2.48. The highest BCUT2D eigenvalue weighted by molar-refractivity contribution is 7.91. The Labute approximate surface area is 162 Å². The first-order valence-electron chi connectivity index (χ1n) is 8.96. The Kier molecular flexibility index (Phi) is 4.45. The molecule has 4 rings (SSSR count). The van der Waals surface area contributed by atoms with E-state index < -0.39 is 15.4 Å². The Morgan fingerprint density at radius 3 is 2.71 bits per heavy atom. The lowest BCUT2D eigenvalue weighted by atomic mass is 10.0. The molecule has 2 aromatic heterocycles. The maximum atomic E-state index is 13.3. The van der Waals surface area contributed by atoms with E-state index in [9.17, 15) is 17.6 Å². The minimum Gasteiger partial charge on any atom is -0.348 e. The van der Waals surface area contributed by atoms with E-state index >= 15 is 0 Å². The first-order chi connectivity index (χ1) is 13.2. The number of hydrogen-bond donors (Lipinski definition) is 1. The molecular weight excluding hydrogens is 381 g/mol. The van der Waals surface area contributed by atoms with E-state index in [2.05, 4.69) is 10.3 Å². The lowest BCUT2D eigenvalue weighted by molar-refractivity contribution is -0.123. The molecular formula is C20H20FN3O3S. The maximum Gasteiger partial charge on any atom is 0.240 e. The zero-order chi connectivity index (χ0) is 19.9. The fraction of sp³-hybridized carbons (Fsp3) is 0.300. The van der Waals surface area contributed by atoms with Crippen molar-refractivity contribution < 1.29 is 17.6 Å². The molecule has 1 aliphatic rings. The van der Waals surface area contributed by atoms with E-state index in [1.54, 1.807) is 29.8 Å². The molecule has 1 atom stereocenters. The summed E-state index contributed by atoms with van der Waals surface area (Å²) in [6.45, 7) is 1.74. The molecule has 0 bridgehead atoms. The molecule has 1 aromatic carbocycles. The van der Waals surface area contributed by atoms with Crippen molar-refractivity contribution >= 4 is 26.8 Å². The Balaban J connectivity index is 1.67. The van der Waals surface area contributed by atoms with Crippen molar-refractivity contribution in [3.05, 3.63) is 54.5 Å². The van der Waals surface area contributed by atoms with Crippen molar-refractivity contribution in [2.75, 3.05) is 11.5 Å². The number of benzene rings is 1. The van der Waals surface area contributed by atoms with Crippen LogP contribution in [-0.2, 0) is 21.2 Å². The van der Waals surface area contributed by atoms with Crippen molar-refractivity contribution in [3.8, 4) is 11.3 Å². The highest BCUT2D eigenvalue weighted by atomic mass is 32.2. The second kappa shape index (κ2) is 6.70. The Morgan fingerprint density at radius 2 is 2.04 bits per heavy atom. The van der Waals surface area contributed by atoms with Crippen LogP contribution in [0.5, 0.6) is 0 Å². The van der Waals surface area contributed by atoms with Crippen LogP contribution in [0.1, 0.15) is 13.3 Å². The normalized spacial score (nSPS) is 21.1. The smallest absolute Gasteiger partial charge is 0.240 e. The first kappa shape index (κ1) is 18.6. The second-order valence-corrected chi connectivity index (χ2v) is 9.67. The standard InChI is InChI=1S/C20H20FN3O3S/c1-20(8-10-28(26,27)13-20)23-18(25)12-24-17(14-4-6-16(21)7-5-14)11-15-3-2-9-22-19(15)24/h2-7,9,11H,8,10,12-13H2,1H3,(H,23,25)/t20-/m1/s1. The highest BCUT2D eigenvalue weighted by Gasteiger charge is 2.39. The minimum absolute atomic E-state index is 0.0111. The third-order valence-corrected chi connectivity index (χ3v) is 6.94. The molecule has 0 unspecified atom stereocenters. The summed E-state index contributed by atoms with van der Waals surface area (Å²) < 4.78 is 38.7. The summed E-state index contributed by atoms with van der Waals surface area (Å²) in [7, 11) is -3.12. The van der Waals surface area contributed by atoms with E-state index in [0.29, 0.717) is 12.1 Å². The fourth-order valence-electron chi connectivity index (χ4n) is 3.74. The van der Waals surface area contributed by atoms with Gasteiger partial charge in [-0.3, -0.25) is 4.79 Å². The zero-order valence-corrected chi connectivity index (χ0v) is 16.2. The number of carbonyl (C=O) groups excluding carboxylic acids is 1. The van der Waals surface area contributed by atoms with Gasteiger partial charge in [0, 0.05) is 11.6 Å². The molecule has 0 saturated carbocycles. The average molecular weight is 401 g/mol. The van der Waals surface area contributed by atoms with E-state index in [4.69, 9.17) is 0 Å². The summed E-state index contributed by atoms with van der Waals surface area (Å²) in [6, 6.07) is 11.7. The molecule has 6 nitrogen and oxygen atoms in total. The third-order valence-electron chi connectivity index (χ3n) is 5.04. The topological polar surface area (TPSA) is 81.1 Å². The van der Waals surface area contributed by atoms with E-state index in [1.807, 2.05) is 18.2 Å². The van der Waals surface area contributed by atoms with Crippen LogP contribution in [0.25, 0.3) is 22.3 Å². The number of sulfone groups is 1. The highest BCUT2D eigenvalue weighted by Crippen LogP contribution is 2.28. The van der Waals surface area contributed by atoms with Gasteiger partial charge in [0.25, 0.3) is 0 Å². The summed E-state index contributed by atoms with van der Waals surface area (Å²) in [5.41, 5.74) is 1.39. The number of nitrogens with zero attached hydrogens (tertiary/aromatic N) is 2. The molecule has 3 heterocycles. The van der Waals surface area contributed by atoms with Crippen LogP contribution < -0.4 is 5.32 Å². The van der Waals surface area contributed by atoms with Gasteiger partial charge in [0.15, 0.2) is 9.84 Å². The van der Waals surface area contributed by atoms with Crippen molar-refractivity contribution in [2.45, 2.75) is 25.4 Å². The fourth-order valence-corrected chi connectivity index (χ4v) is 5.83. The summed E-state index contributed by atoms with van der Waals surface area (Å²) in [4.78, 5) is 17.1. The van der Waals surface area contributed by atoms with Crippen LogP contribution in [0, 0.1) is 5.82 Å². The summed E-state index contributed by atoms with van der Waals surface area (Å²) in [6.07, 6.45) is 2.05. The number of amides is 1. The first-order valence-corrected chi connectivity index (χ1v) is 10.8. The van der Waals surface area contributed by atoms with Crippen molar-refractivity contribution in [2.24, 2.45) is 0 Å². The van der Waals surface area contributed by atoms with E-state index in [0.717, 1.165) is 16.6 Å². The van der Waals surface area contributed by atoms with Crippen molar-refractivity contribution in [3.63, 3.8) is 0 Å². The summed E-state index contributed by atoms with van der Waals surface area (Å²) in [5.74, 6) is -0.594. The van der Waals surface area contributed by atoms with Gasteiger partial charge >= 0.3 is 0 Å². The second-order valence-electron chi connectivity index (χ2n) is 7.49. The van der Waals surface area contributed by atoms with Crippen molar-refractivity contribution in [1.82, 2.24) is 14.9 Å². The van der Waals surface area contributed by atoms with E-state index in [1.165, 1.54) is 12.1 Å². The molecule has 1 fully saturated rings. The van der Waals surface area contributed by atoms with Gasteiger partial charge in [-0.25, -0.2) is 17.8 Å².